The van der Waals surface area contributed by atoms with Crippen LogP contribution >= 0.6 is 0 Å². The van der Waals surface area contributed by atoms with Crippen LogP contribution < -0.4 is 0 Å². The van der Waals surface area contributed by atoms with Gasteiger partial charge < -0.3 is 4.90 Å². The van der Waals surface area contributed by atoms with Crippen molar-refractivity contribution in [3.63, 3.8) is 0 Å². The molecule has 0 aromatic rings. The lowest BCUT2D eigenvalue weighted by Crippen LogP contribution is -2.20. The summed E-state index contributed by atoms with van der Waals surface area (Å²) < 4.78 is 0. The third-order valence-corrected chi connectivity index (χ3v) is 3.05. The van der Waals surface area contributed by atoms with Gasteiger partial charge in [0.15, 0.2) is 0 Å². The third kappa shape index (κ3) is 4.80. The van der Waals surface area contributed by atoms with E-state index in [1.807, 2.05) is 0 Å². The molecule has 0 saturated carbocycles. The number of nitrogens with zero attached hydrogens (tertiary/aromatic N) is 1. The molecule has 1 saturated heterocycles. The number of unbranched alkanes of at least 4 members (excludes halogenated alkanes) is 1. The topological polar surface area (TPSA) is 3.24 Å². The van der Waals surface area contributed by atoms with Gasteiger partial charge in [-0.15, -0.1) is 0 Å². The number of rotatable bonds is 2. The molecule has 0 aliphatic carbocycles. The Hall–Kier alpha value is -0.300. The van der Waals surface area contributed by atoms with Crippen molar-refractivity contribution in [2.75, 3.05) is 20.1 Å². The summed E-state index contributed by atoms with van der Waals surface area (Å²) in [7, 11) is 2.25. The lowest BCUT2D eigenvalue weighted by Gasteiger charge is -2.13. The highest BCUT2D eigenvalue weighted by Crippen LogP contribution is 2.17. The maximum atomic E-state index is 2.49. The van der Waals surface area contributed by atoms with Crippen LogP contribution in [0.15, 0.2) is 11.6 Å². The summed E-state index contributed by atoms with van der Waals surface area (Å²) in [4.78, 5) is 2.47. The van der Waals surface area contributed by atoms with Crippen LogP contribution in [0.5, 0.6) is 0 Å². The maximum Gasteiger partial charge on any atom is -0.00187 e. The van der Waals surface area contributed by atoms with Crippen LogP contribution in [0.4, 0.5) is 0 Å². The van der Waals surface area contributed by atoms with Crippen molar-refractivity contribution in [1.29, 1.82) is 0 Å². The van der Waals surface area contributed by atoms with Crippen LogP contribution in [-0.2, 0) is 0 Å². The van der Waals surface area contributed by atoms with E-state index in [0.717, 1.165) is 0 Å². The van der Waals surface area contributed by atoms with Crippen LogP contribution in [0.1, 0.15) is 51.9 Å². The zero-order valence-electron chi connectivity index (χ0n) is 9.89. The summed E-state index contributed by atoms with van der Waals surface area (Å²) in [5.74, 6) is 0. The van der Waals surface area contributed by atoms with E-state index in [9.17, 15) is 0 Å². The lowest BCUT2D eigenvalue weighted by molar-refractivity contribution is 0.328. The van der Waals surface area contributed by atoms with Crippen LogP contribution in [-0.4, -0.2) is 25.0 Å². The van der Waals surface area contributed by atoms with Gasteiger partial charge in [0.25, 0.3) is 0 Å². The Bertz CT molecular complexity index is 172. The van der Waals surface area contributed by atoms with Crippen molar-refractivity contribution < 1.29 is 0 Å². The molecule has 0 aromatic carbocycles. The Labute approximate surface area is 89.2 Å². The van der Waals surface area contributed by atoms with Gasteiger partial charge in [-0.1, -0.05) is 25.0 Å². The number of allylic oxidation sites excluding steroid dienone is 2. The molecule has 1 heteroatoms. The second kappa shape index (κ2) is 7.05. The van der Waals surface area contributed by atoms with Crippen molar-refractivity contribution in [3.8, 4) is 0 Å². The Morgan fingerprint density at radius 3 is 2.64 bits per heavy atom. The molecular weight excluding hydrogens is 170 g/mol. The van der Waals surface area contributed by atoms with Gasteiger partial charge in [0, 0.05) is 0 Å². The van der Waals surface area contributed by atoms with E-state index in [1.54, 1.807) is 5.57 Å². The molecule has 0 bridgehead atoms. The highest BCUT2D eigenvalue weighted by molar-refractivity contribution is 5.02. The van der Waals surface area contributed by atoms with E-state index in [0.29, 0.717) is 0 Å². The zero-order chi connectivity index (χ0) is 10.2. The maximum absolute atomic E-state index is 2.49. The minimum absolute atomic E-state index is 1.28. The first-order valence-corrected chi connectivity index (χ1v) is 6.19. The Balaban J connectivity index is 2.36. The van der Waals surface area contributed by atoms with Crippen molar-refractivity contribution in [1.82, 2.24) is 4.90 Å². The summed E-state index contributed by atoms with van der Waals surface area (Å²) >= 11 is 0. The van der Waals surface area contributed by atoms with Crippen molar-refractivity contribution in [2.24, 2.45) is 0 Å². The first kappa shape index (κ1) is 11.8. The standard InChI is InChI=1S/C13H25N/c1-3-4-8-13-9-5-6-11-14(2)12-7-10-13/h8H,3-7,9-12H2,1-2H3/b13-8+. The molecule has 0 atom stereocenters. The molecule has 1 fully saturated rings. The Morgan fingerprint density at radius 1 is 1.14 bits per heavy atom. The lowest BCUT2D eigenvalue weighted by atomic mass is 10.0. The molecule has 82 valence electrons. The molecule has 1 nitrogen and oxygen atoms in total. The van der Waals surface area contributed by atoms with E-state index in [2.05, 4.69) is 24.9 Å². The Kier molecular flexibility index (Phi) is 5.93. The number of hydrogen-bond donors (Lipinski definition) is 0. The van der Waals surface area contributed by atoms with Gasteiger partial charge in [0.2, 0.25) is 0 Å². The van der Waals surface area contributed by atoms with Gasteiger partial charge in [-0.05, 0) is 58.7 Å². The molecule has 1 aliphatic rings. The van der Waals surface area contributed by atoms with Crippen LogP contribution in [0, 0.1) is 0 Å². The van der Waals surface area contributed by atoms with Crippen LogP contribution in [0.3, 0.4) is 0 Å². The summed E-state index contributed by atoms with van der Waals surface area (Å²) in [5, 5.41) is 0. The first-order chi connectivity index (χ1) is 6.83. The minimum Gasteiger partial charge on any atom is -0.306 e. The van der Waals surface area contributed by atoms with Gasteiger partial charge in [0.1, 0.15) is 0 Å². The first-order valence-electron chi connectivity index (χ1n) is 6.19. The van der Waals surface area contributed by atoms with E-state index in [1.165, 1.54) is 58.0 Å². The van der Waals surface area contributed by atoms with E-state index in [-0.39, 0.29) is 0 Å². The van der Waals surface area contributed by atoms with Gasteiger partial charge in [0.05, 0.1) is 0 Å². The fraction of sp³-hybridized carbons (Fsp3) is 0.846. The van der Waals surface area contributed by atoms with Crippen LogP contribution in [0.25, 0.3) is 0 Å². The minimum atomic E-state index is 1.28. The fourth-order valence-electron chi connectivity index (χ4n) is 2.10. The summed E-state index contributed by atoms with van der Waals surface area (Å²) in [5.41, 5.74) is 1.72. The Morgan fingerprint density at radius 2 is 1.86 bits per heavy atom. The SMILES string of the molecule is CCC/C=C1\CCCCN(C)CCC1. The van der Waals surface area contributed by atoms with Gasteiger partial charge in [-0.3, -0.25) is 0 Å². The molecule has 1 heterocycles. The average molecular weight is 195 g/mol. The largest absolute Gasteiger partial charge is 0.306 e. The number of hydrogen-bond acceptors (Lipinski definition) is 1. The van der Waals surface area contributed by atoms with Crippen molar-refractivity contribution in [2.45, 2.75) is 51.9 Å². The van der Waals surface area contributed by atoms with E-state index >= 15 is 0 Å². The smallest absolute Gasteiger partial charge is 0.00187 e. The predicted molar refractivity (Wildman–Crippen MR) is 63.6 cm³/mol. The molecule has 0 aromatic heterocycles. The molecule has 0 spiro atoms. The summed E-state index contributed by atoms with van der Waals surface area (Å²) in [6, 6.07) is 0. The summed E-state index contributed by atoms with van der Waals surface area (Å²) in [6.07, 6.45) is 11.9. The highest BCUT2D eigenvalue weighted by Gasteiger charge is 2.04. The van der Waals surface area contributed by atoms with Crippen molar-refractivity contribution >= 4 is 0 Å². The molecule has 1 rings (SSSR count). The highest BCUT2D eigenvalue weighted by atomic mass is 15.1. The van der Waals surface area contributed by atoms with E-state index < -0.39 is 0 Å². The van der Waals surface area contributed by atoms with Gasteiger partial charge in [-0.2, -0.15) is 0 Å². The molecule has 0 N–H and O–H groups in total. The second-order valence-electron chi connectivity index (χ2n) is 4.51. The second-order valence-corrected chi connectivity index (χ2v) is 4.51. The van der Waals surface area contributed by atoms with Crippen molar-refractivity contribution in [3.05, 3.63) is 11.6 Å². The quantitative estimate of drug-likeness (QED) is 0.608. The molecule has 0 radical (unpaired) electrons. The molecule has 14 heavy (non-hydrogen) atoms. The molecule has 1 aliphatic heterocycles. The zero-order valence-corrected chi connectivity index (χ0v) is 9.89. The van der Waals surface area contributed by atoms with Gasteiger partial charge >= 0.3 is 0 Å². The predicted octanol–water partition coefficient (Wildman–Crippen LogP) is 3.61. The van der Waals surface area contributed by atoms with Crippen LogP contribution in [0.2, 0.25) is 0 Å². The monoisotopic (exact) mass is 195 g/mol. The molecule has 0 unspecified atom stereocenters. The fourth-order valence-corrected chi connectivity index (χ4v) is 2.10. The molecular formula is C13H25N. The normalized spacial score (nSPS) is 24.3. The van der Waals surface area contributed by atoms with E-state index in [4.69, 9.17) is 0 Å². The third-order valence-electron chi connectivity index (χ3n) is 3.05. The molecule has 0 amide bonds. The average Bonchev–Trinajstić information content (AvgIpc) is 2.28. The summed E-state index contributed by atoms with van der Waals surface area (Å²) in [6.45, 7) is 4.84. The van der Waals surface area contributed by atoms with Gasteiger partial charge in [-0.25, -0.2) is 0 Å².